The number of aromatic nitrogens is 1. The molecule has 1 aromatic heterocycles. The van der Waals surface area contributed by atoms with Gasteiger partial charge in [0.2, 0.25) is 0 Å². The second-order valence-corrected chi connectivity index (χ2v) is 5.45. The third-order valence-corrected chi connectivity index (χ3v) is 3.98. The Morgan fingerprint density at radius 1 is 1.25 bits per heavy atom. The van der Waals surface area contributed by atoms with Gasteiger partial charge in [-0.1, -0.05) is 25.1 Å². The molecule has 1 N–H and O–H groups in total. The zero-order valence-electron chi connectivity index (χ0n) is 12.4. The van der Waals surface area contributed by atoms with Crippen molar-refractivity contribution in [1.29, 1.82) is 0 Å². The minimum atomic E-state index is 0.709. The Morgan fingerprint density at radius 2 is 2.05 bits per heavy atom. The summed E-state index contributed by atoms with van der Waals surface area (Å²) < 4.78 is 0. The predicted molar refractivity (Wildman–Crippen MR) is 85.2 cm³/mol. The average molecular weight is 269 g/mol. The molecule has 0 bridgehead atoms. The molecule has 3 rings (SSSR count). The van der Waals surface area contributed by atoms with Crippen LogP contribution in [-0.4, -0.2) is 24.1 Å². The molecule has 0 aliphatic heterocycles. The van der Waals surface area contributed by atoms with E-state index in [0.717, 1.165) is 31.0 Å². The molecule has 1 aliphatic rings. The Bertz CT molecular complexity index is 590. The summed E-state index contributed by atoms with van der Waals surface area (Å²) in [5, 5.41) is 4.71. The standard InChI is InChI=1S/C17H23N3/c1-3-18-12-13-11-17(20(4-2)14-9-10-14)19-16-8-6-5-7-15(13)16/h5-8,11,14,18H,3-4,9-10,12H2,1-2H3. The molecule has 106 valence electrons. The first-order valence-corrected chi connectivity index (χ1v) is 7.69. The van der Waals surface area contributed by atoms with Crippen LogP contribution in [-0.2, 0) is 6.54 Å². The fourth-order valence-electron chi connectivity index (χ4n) is 2.78. The smallest absolute Gasteiger partial charge is 0.129 e. The lowest BCUT2D eigenvalue weighted by molar-refractivity contribution is 0.728. The van der Waals surface area contributed by atoms with E-state index in [4.69, 9.17) is 4.98 Å². The maximum absolute atomic E-state index is 4.87. The molecule has 0 unspecified atom stereocenters. The fourth-order valence-corrected chi connectivity index (χ4v) is 2.78. The summed E-state index contributed by atoms with van der Waals surface area (Å²) in [6.07, 6.45) is 2.62. The van der Waals surface area contributed by atoms with Crippen LogP contribution in [0.3, 0.4) is 0 Å². The van der Waals surface area contributed by atoms with Gasteiger partial charge in [0.15, 0.2) is 0 Å². The third-order valence-electron chi connectivity index (χ3n) is 3.98. The second kappa shape index (κ2) is 5.80. The highest BCUT2D eigenvalue weighted by Gasteiger charge is 2.29. The van der Waals surface area contributed by atoms with Gasteiger partial charge in [0.05, 0.1) is 5.52 Å². The van der Waals surface area contributed by atoms with Gasteiger partial charge in [-0.2, -0.15) is 0 Å². The van der Waals surface area contributed by atoms with Crippen molar-refractivity contribution in [2.24, 2.45) is 0 Å². The van der Waals surface area contributed by atoms with E-state index in [1.165, 1.54) is 23.8 Å². The molecule has 1 aliphatic carbocycles. The molecule has 0 amide bonds. The van der Waals surface area contributed by atoms with Crippen LogP contribution in [0.25, 0.3) is 10.9 Å². The van der Waals surface area contributed by atoms with E-state index in [1.807, 2.05) is 0 Å². The van der Waals surface area contributed by atoms with Crippen LogP contribution in [0.4, 0.5) is 5.82 Å². The van der Waals surface area contributed by atoms with Gasteiger partial charge < -0.3 is 10.2 Å². The number of anilines is 1. The van der Waals surface area contributed by atoms with E-state index in [2.05, 4.69) is 54.4 Å². The van der Waals surface area contributed by atoms with Crippen molar-refractivity contribution in [3.05, 3.63) is 35.9 Å². The molecule has 0 atom stereocenters. The van der Waals surface area contributed by atoms with E-state index in [1.54, 1.807) is 0 Å². The maximum Gasteiger partial charge on any atom is 0.129 e. The van der Waals surface area contributed by atoms with Gasteiger partial charge in [-0.3, -0.25) is 0 Å². The molecule has 1 saturated carbocycles. The Kier molecular flexibility index (Phi) is 3.88. The molecular formula is C17H23N3. The maximum atomic E-state index is 4.87. The van der Waals surface area contributed by atoms with Gasteiger partial charge in [0.1, 0.15) is 5.82 Å². The van der Waals surface area contributed by atoms with E-state index >= 15 is 0 Å². The first-order valence-electron chi connectivity index (χ1n) is 7.69. The minimum Gasteiger partial charge on any atom is -0.354 e. The molecular weight excluding hydrogens is 246 g/mol. The van der Waals surface area contributed by atoms with Crippen molar-refractivity contribution in [2.45, 2.75) is 39.3 Å². The first kappa shape index (κ1) is 13.4. The largest absolute Gasteiger partial charge is 0.354 e. The zero-order valence-corrected chi connectivity index (χ0v) is 12.4. The Balaban J connectivity index is 2.04. The zero-order chi connectivity index (χ0) is 13.9. The van der Waals surface area contributed by atoms with Crippen molar-refractivity contribution in [2.75, 3.05) is 18.0 Å². The van der Waals surface area contributed by atoms with Crippen molar-refractivity contribution < 1.29 is 0 Å². The summed E-state index contributed by atoms with van der Waals surface area (Å²) in [6.45, 7) is 7.31. The number of nitrogens with one attached hydrogen (secondary N) is 1. The fraction of sp³-hybridized carbons (Fsp3) is 0.471. The van der Waals surface area contributed by atoms with Crippen LogP contribution in [0.15, 0.2) is 30.3 Å². The number of hydrogen-bond donors (Lipinski definition) is 1. The highest BCUT2D eigenvalue weighted by molar-refractivity contribution is 5.84. The normalized spacial score (nSPS) is 14.7. The van der Waals surface area contributed by atoms with Crippen LogP contribution < -0.4 is 10.2 Å². The summed E-state index contributed by atoms with van der Waals surface area (Å²) in [7, 11) is 0. The minimum absolute atomic E-state index is 0.709. The summed E-state index contributed by atoms with van der Waals surface area (Å²) in [5.41, 5.74) is 2.46. The van der Waals surface area contributed by atoms with Crippen molar-refractivity contribution >= 4 is 16.7 Å². The van der Waals surface area contributed by atoms with Crippen LogP contribution in [0, 0.1) is 0 Å². The summed E-state index contributed by atoms with van der Waals surface area (Å²) in [4.78, 5) is 7.32. The molecule has 0 saturated heterocycles. The lowest BCUT2D eigenvalue weighted by Crippen LogP contribution is -2.26. The number of para-hydroxylation sites is 1. The Hall–Kier alpha value is -1.61. The van der Waals surface area contributed by atoms with Crippen LogP contribution in [0.5, 0.6) is 0 Å². The van der Waals surface area contributed by atoms with Gasteiger partial charge in [-0.05, 0) is 44.0 Å². The second-order valence-electron chi connectivity index (χ2n) is 5.45. The van der Waals surface area contributed by atoms with Gasteiger partial charge in [0.25, 0.3) is 0 Å². The SMILES string of the molecule is CCNCc1cc(N(CC)C2CC2)nc2ccccc12. The van der Waals surface area contributed by atoms with E-state index in [9.17, 15) is 0 Å². The van der Waals surface area contributed by atoms with Gasteiger partial charge >= 0.3 is 0 Å². The number of pyridine rings is 1. The summed E-state index contributed by atoms with van der Waals surface area (Å²) in [6, 6.07) is 11.4. The average Bonchev–Trinajstić information content (AvgIpc) is 3.30. The van der Waals surface area contributed by atoms with Crippen molar-refractivity contribution in [3.8, 4) is 0 Å². The van der Waals surface area contributed by atoms with E-state index in [0.29, 0.717) is 6.04 Å². The number of fused-ring (bicyclic) bond motifs is 1. The number of hydrogen-bond acceptors (Lipinski definition) is 3. The Labute approximate surface area is 121 Å². The Morgan fingerprint density at radius 3 is 2.75 bits per heavy atom. The highest BCUT2D eigenvalue weighted by atomic mass is 15.2. The topological polar surface area (TPSA) is 28.2 Å². The number of benzene rings is 1. The molecule has 2 aromatic rings. The molecule has 1 fully saturated rings. The van der Waals surface area contributed by atoms with Crippen molar-refractivity contribution in [1.82, 2.24) is 10.3 Å². The first-order chi connectivity index (χ1) is 9.83. The molecule has 3 nitrogen and oxygen atoms in total. The highest BCUT2D eigenvalue weighted by Crippen LogP contribution is 2.32. The van der Waals surface area contributed by atoms with E-state index < -0.39 is 0 Å². The molecule has 3 heteroatoms. The van der Waals surface area contributed by atoms with E-state index in [-0.39, 0.29) is 0 Å². The number of nitrogens with zero attached hydrogens (tertiary/aromatic N) is 2. The molecule has 20 heavy (non-hydrogen) atoms. The third kappa shape index (κ3) is 2.63. The monoisotopic (exact) mass is 269 g/mol. The number of rotatable bonds is 6. The molecule has 0 radical (unpaired) electrons. The van der Waals surface area contributed by atoms with Crippen molar-refractivity contribution in [3.63, 3.8) is 0 Å². The van der Waals surface area contributed by atoms with Gasteiger partial charge in [0, 0.05) is 24.5 Å². The van der Waals surface area contributed by atoms with Crippen LogP contribution in [0.1, 0.15) is 32.3 Å². The van der Waals surface area contributed by atoms with Gasteiger partial charge in [-0.15, -0.1) is 0 Å². The van der Waals surface area contributed by atoms with Crippen LogP contribution >= 0.6 is 0 Å². The lowest BCUT2D eigenvalue weighted by Gasteiger charge is -2.23. The van der Waals surface area contributed by atoms with Crippen LogP contribution in [0.2, 0.25) is 0 Å². The summed E-state index contributed by atoms with van der Waals surface area (Å²) >= 11 is 0. The quantitative estimate of drug-likeness (QED) is 0.872. The molecule has 1 aromatic carbocycles. The summed E-state index contributed by atoms with van der Waals surface area (Å²) in [5.74, 6) is 1.14. The predicted octanol–water partition coefficient (Wildman–Crippen LogP) is 3.33. The molecule has 0 spiro atoms. The molecule has 1 heterocycles. The lowest BCUT2D eigenvalue weighted by atomic mass is 10.1. The van der Waals surface area contributed by atoms with Gasteiger partial charge in [-0.25, -0.2) is 4.98 Å².